The summed E-state index contributed by atoms with van der Waals surface area (Å²) in [6.07, 6.45) is 0.917. The van der Waals surface area contributed by atoms with Crippen molar-refractivity contribution < 1.29 is 4.39 Å². The minimum absolute atomic E-state index is 0.0771. The predicted molar refractivity (Wildman–Crippen MR) is 82.7 cm³/mol. The first-order valence-electron chi connectivity index (χ1n) is 7.04. The molecule has 0 bridgehead atoms. The fraction of sp³-hybridized carbons (Fsp3) is 0.294. The van der Waals surface area contributed by atoms with Crippen LogP contribution in [0.1, 0.15) is 31.9 Å². The van der Waals surface area contributed by atoms with E-state index in [1.807, 2.05) is 30.3 Å². The Hall–Kier alpha value is -1.87. The van der Waals surface area contributed by atoms with Gasteiger partial charge in [-0.2, -0.15) is 0 Å². The highest BCUT2D eigenvalue weighted by molar-refractivity contribution is 5.63. The van der Waals surface area contributed by atoms with E-state index in [1.54, 1.807) is 12.1 Å². The van der Waals surface area contributed by atoms with Gasteiger partial charge >= 0.3 is 0 Å². The van der Waals surface area contributed by atoms with Crippen molar-refractivity contribution in [3.05, 3.63) is 59.9 Å². The van der Waals surface area contributed by atoms with Crippen LogP contribution in [-0.4, -0.2) is 6.54 Å². The molecule has 2 aromatic carbocycles. The molecule has 0 unspecified atom stereocenters. The van der Waals surface area contributed by atoms with Gasteiger partial charge in [-0.25, -0.2) is 4.39 Å². The smallest absolute Gasteiger partial charge is 0.125 e. The van der Waals surface area contributed by atoms with Crippen molar-refractivity contribution in [1.29, 1.82) is 0 Å². The Morgan fingerprint density at radius 2 is 1.75 bits per heavy atom. The summed E-state index contributed by atoms with van der Waals surface area (Å²) in [5.41, 5.74) is 9.06. The molecular weight excluding hydrogens is 251 g/mol. The molecule has 106 valence electrons. The molecule has 0 aliphatic rings. The Bertz CT molecular complexity index is 551. The van der Waals surface area contributed by atoms with Crippen LogP contribution >= 0.6 is 0 Å². The number of halogens is 1. The normalized spacial score (nSPS) is 12.2. The summed E-state index contributed by atoms with van der Waals surface area (Å²) in [5, 5.41) is 0. The van der Waals surface area contributed by atoms with E-state index in [0.717, 1.165) is 29.9 Å². The summed E-state index contributed by atoms with van der Waals surface area (Å²) in [7, 11) is 0. The molecule has 0 heterocycles. The van der Waals surface area contributed by atoms with E-state index in [0.29, 0.717) is 0 Å². The van der Waals surface area contributed by atoms with Gasteiger partial charge in [-0.1, -0.05) is 25.1 Å². The van der Waals surface area contributed by atoms with Crippen LogP contribution in [-0.2, 0) is 0 Å². The van der Waals surface area contributed by atoms with E-state index in [-0.39, 0.29) is 11.9 Å². The van der Waals surface area contributed by atoms with Gasteiger partial charge in [0, 0.05) is 24.0 Å². The lowest BCUT2D eigenvalue weighted by Crippen LogP contribution is -2.16. The van der Waals surface area contributed by atoms with E-state index < -0.39 is 0 Å². The van der Waals surface area contributed by atoms with Crippen molar-refractivity contribution in [3.63, 3.8) is 0 Å². The quantitative estimate of drug-likeness (QED) is 0.874. The van der Waals surface area contributed by atoms with Crippen LogP contribution in [0.4, 0.5) is 15.8 Å². The average molecular weight is 272 g/mol. The third-order valence-electron chi connectivity index (χ3n) is 3.51. The van der Waals surface area contributed by atoms with Crippen molar-refractivity contribution in [2.24, 2.45) is 5.73 Å². The summed E-state index contributed by atoms with van der Waals surface area (Å²) >= 11 is 0. The van der Waals surface area contributed by atoms with Crippen molar-refractivity contribution >= 4 is 11.4 Å². The number of anilines is 2. The molecule has 2 rings (SSSR count). The van der Waals surface area contributed by atoms with Crippen molar-refractivity contribution in [2.75, 3.05) is 11.4 Å². The monoisotopic (exact) mass is 272 g/mol. The first-order chi connectivity index (χ1) is 9.65. The molecule has 2 aromatic rings. The maximum absolute atomic E-state index is 13.4. The molecule has 0 aromatic heterocycles. The molecule has 0 amide bonds. The van der Waals surface area contributed by atoms with E-state index in [4.69, 9.17) is 5.73 Å². The van der Waals surface area contributed by atoms with Crippen LogP contribution in [0, 0.1) is 5.82 Å². The van der Waals surface area contributed by atoms with Crippen LogP contribution in [0.25, 0.3) is 0 Å². The third kappa shape index (κ3) is 3.17. The molecule has 0 fully saturated rings. The fourth-order valence-electron chi connectivity index (χ4n) is 2.30. The largest absolute Gasteiger partial charge is 0.342 e. The van der Waals surface area contributed by atoms with Gasteiger partial charge in [0.15, 0.2) is 0 Å². The van der Waals surface area contributed by atoms with Gasteiger partial charge in [-0.05, 0) is 49.2 Å². The van der Waals surface area contributed by atoms with Crippen molar-refractivity contribution in [1.82, 2.24) is 0 Å². The van der Waals surface area contributed by atoms with Gasteiger partial charge in [0.1, 0.15) is 5.82 Å². The topological polar surface area (TPSA) is 29.3 Å². The molecule has 3 heteroatoms. The van der Waals surface area contributed by atoms with Gasteiger partial charge in [-0.15, -0.1) is 0 Å². The van der Waals surface area contributed by atoms with Gasteiger partial charge < -0.3 is 10.6 Å². The van der Waals surface area contributed by atoms with Gasteiger partial charge in [-0.3, -0.25) is 0 Å². The Labute approximate surface area is 120 Å². The number of hydrogen-bond acceptors (Lipinski definition) is 2. The zero-order valence-electron chi connectivity index (χ0n) is 12.0. The van der Waals surface area contributed by atoms with Crippen LogP contribution in [0.3, 0.4) is 0 Å². The first-order valence-corrected chi connectivity index (χ1v) is 7.04. The van der Waals surface area contributed by atoms with E-state index >= 15 is 0 Å². The molecule has 20 heavy (non-hydrogen) atoms. The number of nitrogens with two attached hydrogens (primary N) is 1. The second kappa shape index (κ2) is 6.53. The van der Waals surface area contributed by atoms with Crippen LogP contribution in [0.15, 0.2) is 48.5 Å². The molecule has 0 saturated heterocycles. The number of rotatable bonds is 5. The highest BCUT2D eigenvalue weighted by Crippen LogP contribution is 2.27. The zero-order chi connectivity index (χ0) is 14.5. The molecule has 0 aliphatic heterocycles. The molecule has 0 saturated carbocycles. The van der Waals surface area contributed by atoms with E-state index in [1.165, 1.54) is 6.07 Å². The van der Waals surface area contributed by atoms with Crippen LogP contribution in [0.5, 0.6) is 0 Å². The summed E-state index contributed by atoms with van der Waals surface area (Å²) in [6.45, 7) is 4.91. The summed E-state index contributed by atoms with van der Waals surface area (Å²) in [5.74, 6) is -0.217. The summed E-state index contributed by atoms with van der Waals surface area (Å²) in [6, 6.07) is 14.9. The first kappa shape index (κ1) is 14.5. The molecule has 0 aliphatic carbocycles. The summed E-state index contributed by atoms with van der Waals surface area (Å²) < 4.78 is 13.4. The number of benzene rings is 2. The third-order valence-corrected chi connectivity index (χ3v) is 3.51. The van der Waals surface area contributed by atoms with Gasteiger partial charge in [0.05, 0.1) is 0 Å². The van der Waals surface area contributed by atoms with E-state index in [9.17, 15) is 4.39 Å². The molecule has 2 nitrogen and oxygen atoms in total. The van der Waals surface area contributed by atoms with Gasteiger partial charge in [0.2, 0.25) is 0 Å². The van der Waals surface area contributed by atoms with Crippen LogP contribution in [0.2, 0.25) is 0 Å². The summed E-state index contributed by atoms with van der Waals surface area (Å²) in [4.78, 5) is 2.07. The SMILES string of the molecule is CC[C@H](N)c1ccc(N(CC)c2cccc(F)c2)cc1. The van der Waals surface area contributed by atoms with Crippen molar-refractivity contribution in [3.8, 4) is 0 Å². The molecule has 0 spiro atoms. The zero-order valence-corrected chi connectivity index (χ0v) is 12.0. The molecule has 0 radical (unpaired) electrons. The Morgan fingerprint density at radius 3 is 2.30 bits per heavy atom. The lowest BCUT2D eigenvalue weighted by molar-refractivity contribution is 0.627. The highest BCUT2D eigenvalue weighted by atomic mass is 19.1. The lowest BCUT2D eigenvalue weighted by Gasteiger charge is -2.24. The second-order valence-corrected chi connectivity index (χ2v) is 4.83. The lowest BCUT2D eigenvalue weighted by atomic mass is 10.0. The Balaban J connectivity index is 2.28. The highest BCUT2D eigenvalue weighted by Gasteiger charge is 2.09. The Morgan fingerprint density at radius 1 is 1.05 bits per heavy atom. The maximum atomic E-state index is 13.4. The molecule has 2 N–H and O–H groups in total. The molecular formula is C17H21FN2. The van der Waals surface area contributed by atoms with E-state index in [2.05, 4.69) is 18.7 Å². The fourth-order valence-corrected chi connectivity index (χ4v) is 2.30. The number of hydrogen-bond donors (Lipinski definition) is 1. The minimum Gasteiger partial charge on any atom is -0.342 e. The predicted octanol–water partition coefficient (Wildman–Crippen LogP) is 4.39. The van der Waals surface area contributed by atoms with Gasteiger partial charge in [0.25, 0.3) is 0 Å². The minimum atomic E-state index is -0.217. The van der Waals surface area contributed by atoms with Crippen molar-refractivity contribution in [2.45, 2.75) is 26.3 Å². The standard InChI is InChI=1S/C17H21FN2/c1-3-17(19)13-8-10-15(11-9-13)20(4-2)16-7-5-6-14(18)12-16/h5-12,17H,3-4,19H2,1-2H3/t17-/m0/s1. The second-order valence-electron chi connectivity index (χ2n) is 4.83. The number of nitrogens with zero attached hydrogens (tertiary/aromatic N) is 1. The Kier molecular flexibility index (Phi) is 4.74. The maximum Gasteiger partial charge on any atom is 0.125 e. The molecule has 1 atom stereocenters. The average Bonchev–Trinajstić information content (AvgIpc) is 2.48. The van der Waals surface area contributed by atoms with Crippen LogP contribution < -0.4 is 10.6 Å².